The highest BCUT2D eigenvalue weighted by Gasteiger charge is 2.19. The molecule has 102 valence electrons. The number of rotatable bonds is 3. The van der Waals surface area contributed by atoms with Crippen molar-refractivity contribution >= 4 is 33.3 Å². The van der Waals surface area contributed by atoms with Crippen LogP contribution in [-0.4, -0.2) is 16.5 Å². The SMILES string of the molecule is CC1CCCC(CNc2nc(N)nc3sccc23)C1. The summed E-state index contributed by atoms with van der Waals surface area (Å²) in [5, 5.41) is 6.60. The van der Waals surface area contributed by atoms with Crippen molar-refractivity contribution in [1.29, 1.82) is 0 Å². The minimum atomic E-state index is 0.356. The van der Waals surface area contributed by atoms with Gasteiger partial charge in [0.25, 0.3) is 0 Å². The first-order valence-electron chi connectivity index (χ1n) is 6.97. The van der Waals surface area contributed by atoms with Crippen LogP contribution < -0.4 is 11.1 Å². The van der Waals surface area contributed by atoms with E-state index >= 15 is 0 Å². The molecule has 1 aliphatic carbocycles. The Bertz CT molecular complexity index is 566. The first-order valence-corrected chi connectivity index (χ1v) is 7.85. The molecule has 0 aromatic carbocycles. The van der Waals surface area contributed by atoms with Crippen LogP contribution in [0.1, 0.15) is 32.6 Å². The van der Waals surface area contributed by atoms with E-state index in [1.165, 1.54) is 25.7 Å². The summed E-state index contributed by atoms with van der Waals surface area (Å²) in [4.78, 5) is 9.55. The molecule has 1 aliphatic rings. The molecule has 0 amide bonds. The van der Waals surface area contributed by atoms with E-state index in [2.05, 4.69) is 28.3 Å². The van der Waals surface area contributed by atoms with Crippen molar-refractivity contribution in [2.75, 3.05) is 17.6 Å². The van der Waals surface area contributed by atoms with Gasteiger partial charge in [0.1, 0.15) is 10.6 Å². The van der Waals surface area contributed by atoms with Crippen LogP contribution in [0.2, 0.25) is 0 Å². The Morgan fingerprint density at radius 2 is 2.32 bits per heavy atom. The number of nitrogen functional groups attached to an aromatic ring is 1. The van der Waals surface area contributed by atoms with E-state index in [-0.39, 0.29) is 0 Å². The van der Waals surface area contributed by atoms with Crippen molar-refractivity contribution in [3.63, 3.8) is 0 Å². The zero-order valence-electron chi connectivity index (χ0n) is 11.2. The lowest BCUT2D eigenvalue weighted by atomic mass is 9.82. The lowest BCUT2D eigenvalue weighted by Gasteiger charge is -2.27. The highest BCUT2D eigenvalue weighted by molar-refractivity contribution is 7.16. The fourth-order valence-corrected chi connectivity index (χ4v) is 3.76. The molecule has 1 fully saturated rings. The van der Waals surface area contributed by atoms with Crippen molar-refractivity contribution in [1.82, 2.24) is 9.97 Å². The summed E-state index contributed by atoms with van der Waals surface area (Å²) in [6, 6.07) is 2.06. The predicted molar refractivity (Wildman–Crippen MR) is 81.4 cm³/mol. The number of hydrogen-bond donors (Lipinski definition) is 2. The van der Waals surface area contributed by atoms with E-state index in [1.807, 2.05) is 5.38 Å². The number of fused-ring (bicyclic) bond motifs is 1. The monoisotopic (exact) mass is 276 g/mol. The topological polar surface area (TPSA) is 63.8 Å². The van der Waals surface area contributed by atoms with Gasteiger partial charge in [-0.15, -0.1) is 11.3 Å². The molecule has 5 heteroatoms. The number of thiophene rings is 1. The van der Waals surface area contributed by atoms with Crippen LogP contribution in [0.15, 0.2) is 11.4 Å². The van der Waals surface area contributed by atoms with Crippen molar-refractivity contribution in [2.24, 2.45) is 11.8 Å². The maximum absolute atomic E-state index is 5.76. The first kappa shape index (κ1) is 12.7. The van der Waals surface area contributed by atoms with Crippen LogP contribution in [0, 0.1) is 11.8 Å². The second kappa shape index (κ2) is 5.33. The van der Waals surface area contributed by atoms with E-state index in [4.69, 9.17) is 5.73 Å². The summed E-state index contributed by atoms with van der Waals surface area (Å²) in [5.74, 6) is 2.86. The van der Waals surface area contributed by atoms with E-state index in [9.17, 15) is 0 Å². The molecule has 0 aliphatic heterocycles. The van der Waals surface area contributed by atoms with E-state index < -0.39 is 0 Å². The Morgan fingerprint density at radius 3 is 3.16 bits per heavy atom. The predicted octanol–water partition coefficient (Wildman–Crippen LogP) is 3.51. The average molecular weight is 276 g/mol. The smallest absolute Gasteiger partial charge is 0.223 e. The molecular formula is C14H20N4S. The summed E-state index contributed by atoms with van der Waals surface area (Å²) in [6.45, 7) is 3.34. The number of aromatic nitrogens is 2. The van der Waals surface area contributed by atoms with Crippen molar-refractivity contribution in [2.45, 2.75) is 32.6 Å². The lowest BCUT2D eigenvalue weighted by molar-refractivity contribution is 0.293. The van der Waals surface area contributed by atoms with Crippen LogP contribution in [-0.2, 0) is 0 Å². The van der Waals surface area contributed by atoms with Gasteiger partial charge in [0, 0.05) is 6.54 Å². The maximum atomic E-state index is 5.76. The molecule has 0 bridgehead atoms. The van der Waals surface area contributed by atoms with E-state index in [0.29, 0.717) is 5.95 Å². The highest BCUT2D eigenvalue weighted by atomic mass is 32.1. The standard InChI is InChI=1S/C14H20N4S/c1-9-3-2-4-10(7-9)8-16-12-11-5-6-19-13(11)18-14(15)17-12/h5-6,9-10H,2-4,7-8H2,1H3,(H3,15,16,17,18). The minimum absolute atomic E-state index is 0.356. The Labute approximate surface area is 117 Å². The van der Waals surface area contributed by atoms with E-state index in [1.54, 1.807) is 11.3 Å². The molecule has 2 aromatic rings. The molecular weight excluding hydrogens is 256 g/mol. The van der Waals surface area contributed by atoms with Crippen LogP contribution >= 0.6 is 11.3 Å². The van der Waals surface area contributed by atoms with Crippen LogP contribution in [0.4, 0.5) is 11.8 Å². The summed E-state index contributed by atoms with van der Waals surface area (Å²) in [5.41, 5.74) is 5.76. The average Bonchev–Trinajstić information content (AvgIpc) is 2.84. The third-order valence-corrected chi connectivity index (χ3v) is 4.75. The van der Waals surface area contributed by atoms with E-state index in [0.717, 1.165) is 34.4 Å². The van der Waals surface area contributed by atoms with Crippen molar-refractivity contribution in [3.05, 3.63) is 11.4 Å². The van der Waals surface area contributed by atoms with Gasteiger partial charge in [-0.1, -0.05) is 19.8 Å². The number of nitrogens with one attached hydrogen (secondary N) is 1. The Kier molecular flexibility index (Phi) is 3.55. The van der Waals surface area contributed by atoms with Gasteiger partial charge >= 0.3 is 0 Å². The Morgan fingerprint density at radius 1 is 1.42 bits per heavy atom. The number of hydrogen-bond acceptors (Lipinski definition) is 5. The van der Waals surface area contributed by atoms with Crippen molar-refractivity contribution in [3.8, 4) is 0 Å². The van der Waals surface area contributed by atoms with Crippen LogP contribution in [0.25, 0.3) is 10.2 Å². The third-order valence-electron chi connectivity index (χ3n) is 3.95. The molecule has 3 N–H and O–H groups in total. The molecule has 0 spiro atoms. The molecule has 2 unspecified atom stereocenters. The van der Waals surface area contributed by atoms with Crippen molar-refractivity contribution < 1.29 is 0 Å². The van der Waals surface area contributed by atoms with Gasteiger partial charge in [-0.3, -0.25) is 0 Å². The molecule has 0 saturated heterocycles. The summed E-state index contributed by atoms with van der Waals surface area (Å²) in [7, 11) is 0. The van der Waals surface area contributed by atoms with Gasteiger partial charge in [-0.05, 0) is 36.1 Å². The van der Waals surface area contributed by atoms with Gasteiger partial charge in [0.15, 0.2) is 0 Å². The first-order chi connectivity index (χ1) is 9.22. The van der Waals surface area contributed by atoms with Gasteiger partial charge in [0.2, 0.25) is 5.95 Å². The molecule has 1 saturated carbocycles. The Balaban J connectivity index is 1.72. The quantitative estimate of drug-likeness (QED) is 0.900. The molecule has 0 radical (unpaired) electrons. The van der Waals surface area contributed by atoms with Crippen LogP contribution in [0.5, 0.6) is 0 Å². The number of anilines is 2. The minimum Gasteiger partial charge on any atom is -0.369 e. The maximum Gasteiger partial charge on any atom is 0.223 e. The molecule has 2 heterocycles. The second-order valence-corrected chi connectivity index (χ2v) is 6.48. The molecule has 19 heavy (non-hydrogen) atoms. The zero-order chi connectivity index (χ0) is 13.2. The fourth-order valence-electron chi connectivity index (χ4n) is 2.99. The second-order valence-electron chi connectivity index (χ2n) is 5.59. The molecule has 3 rings (SSSR count). The number of nitrogens with zero attached hydrogens (tertiary/aromatic N) is 2. The van der Waals surface area contributed by atoms with Gasteiger partial charge < -0.3 is 11.1 Å². The van der Waals surface area contributed by atoms with Gasteiger partial charge in [-0.2, -0.15) is 4.98 Å². The molecule has 2 aromatic heterocycles. The van der Waals surface area contributed by atoms with Gasteiger partial charge in [0.05, 0.1) is 5.39 Å². The lowest BCUT2D eigenvalue weighted by Crippen LogP contribution is -2.21. The zero-order valence-corrected chi connectivity index (χ0v) is 12.0. The summed E-state index contributed by atoms with van der Waals surface area (Å²) >= 11 is 1.61. The summed E-state index contributed by atoms with van der Waals surface area (Å²) < 4.78 is 0. The summed E-state index contributed by atoms with van der Waals surface area (Å²) in [6.07, 6.45) is 5.38. The molecule has 2 atom stereocenters. The van der Waals surface area contributed by atoms with Crippen LogP contribution in [0.3, 0.4) is 0 Å². The fraction of sp³-hybridized carbons (Fsp3) is 0.571. The van der Waals surface area contributed by atoms with Gasteiger partial charge in [-0.25, -0.2) is 4.98 Å². The largest absolute Gasteiger partial charge is 0.369 e. The third kappa shape index (κ3) is 2.81. The molecule has 4 nitrogen and oxygen atoms in total. The normalized spacial score (nSPS) is 23.6. The Hall–Kier alpha value is -1.36. The number of nitrogens with two attached hydrogens (primary N) is 1. The highest BCUT2D eigenvalue weighted by Crippen LogP contribution is 2.30.